The van der Waals surface area contributed by atoms with Crippen LogP contribution in [0.4, 0.5) is 8.78 Å². The van der Waals surface area contributed by atoms with E-state index < -0.39 is 12.2 Å². The number of alkyl halides is 2. The first-order valence-corrected chi connectivity index (χ1v) is 6.37. The topological polar surface area (TPSA) is 55.8 Å². The van der Waals surface area contributed by atoms with Crippen molar-refractivity contribution < 1.29 is 27.8 Å². The van der Waals surface area contributed by atoms with E-state index in [1.807, 2.05) is 0 Å². The van der Waals surface area contributed by atoms with Crippen LogP contribution < -0.4 is 9.47 Å². The first-order chi connectivity index (χ1) is 9.94. The lowest BCUT2D eigenvalue weighted by molar-refractivity contribution is -0.286. The number of ether oxygens (including phenoxy) is 2. The molecular weight excluding hydrogens is 284 g/mol. The van der Waals surface area contributed by atoms with Gasteiger partial charge in [-0.05, 0) is 30.2 Å². The van der Waals surface area contributed by atoms with Crippen molar-refractivity contribution in [3.05, 3.63) is 29.8 Å². The number of hydrogen-bond acceptors (Lipinski definition) is 4. The molecule has 0 aromatic heterocycles. The van der Waals surface area contributed by atoms with Gasteiger partial charge in [-0.25, -0.2) is 0 Å². The van der Waals surface area contributed by atoms with Crippen molar-refractivity contribution in [2.24, 2.45) is 0 Å². The molecule has 2 aliphatic heterocycles. The van der Waals surface area contributed by atoms with Crippen LogP contribution in [0.2, 0.25) is 0 Å². The Bertz CT molecular complexity index is 642. The van der Waals surface area contributed by atoms with Crippen molar-refractivity contribution in [2.75, 3.05) is 6.54 Å². The van der Waals surface area contributed by atoms with Crippen LogP contribution in [0.3, 0.4) is 0 Å². The predicted molar refractivity (Wildman–Crippen MR) is 67.6 cm³/mol. The van der Waals surface area contributed by atoms with E-state index in [1.54, 1.807) is 0 Å². The summed E-state index contributed by atoms with van der Waals surface area (Å²) in [6.45, 7) is 0.412. The number of hydrogen-bond donors (Lipinski definition) is 0. The average Bonchev–Trinajstić information content (AvgIpc) is 2.96. The van der Waals surface area contributed by atoms with Crippen LogP contribution in [0.25, 0.3) is 6.08 Å². The molecule has 1 saturated heterocycles. The second kappa shape index (κ2) is 4.83. The summed E-state index contributed by atoms with van der Waals surface area (Å²) in [6, 6.07) is 4.19. The number of likely N-dealkylation sites (tertiary alicyclic amines) is 1. The predicted octanol–water partition coefficient (Wildman–Crippen LogP) is 2.17. The summed E-state index contributed by atoms with van der Waals surface area (Å²) in [6.07, 6.45) is 0.0472. The minimum Gasteiger partial charge on any atom is -0.395 e. The van der Waals surface area contributed by atoms with Gasteiger partial charge in [-0.2, -0.15) is 0 Å². The number of carbonyl (C=O) groups is 2. The Kier molecular flexibility index (Phi) is 3.12. The zero-order valence-electron chi connectivity index (χ0n) is 10.8. The molecule has 0 unspecified atom stereocenters. The molecule has 0 aliphatic carbocycles. The molecule has 0 atom stereocenters. The fourth-order valence-electron chi connectivity index (χ4n) is 2.21. The highest BCUT2D eigenvalue weighted by Gasteiger charge is 2.43. The van der Waals surface area contributed by atoms with E-state index in [0.717, 1.165) is 4.90 Å². The standard InChI is InChI=1S/C14H11F2NO4/c15-14(16)20-10-5-3-9(8-11(10)21-14)4-6-13(19)17-7-1-2-12(17)18/h3-6,8H,1-2,7H2/b6-4+. The lowest BCUT2D eigenvalue weighted by atomic mass is 10.2. The van der Waals surface area contributed by atoms with E-state index in [0.29, 0.717) is 24.9 Å². The molecule has 1 aromatic rings. The van der Waals surface area contributed by atoms with E-state index in [2.05, 4.69) is 9.47 Å². The van der Waals surface area contributed by atoms with E-state index in [-0.39, 0.29) is 17.4 Å². The number of nitrogens with zero attached hydrogens (tertiary/aromatic N) is 1. The highest BCUT2D eigenvalue weighted by Crippen LogP contribution is 2.41. The summed E-state index contributed by atoms with van der Waals surface area (Å²) in [4.78, 5) is 24.4. The van der Waals surface area contributed by atoms with Crippen LogP contribution in [0.5, 0.6) is 11.5 Å². The summed E-state index contributed by atoms with van der Waals surface area (Å²) in [5.74, 6) is -0.763. The van der Waals surface area contributed by atoms with Gasteiger partial charge in [0.25, 0.3) is 5.91 Å². The first kappa shape index (κ1) is 13.5. The third kappa shape index (κ3) is 2.72. The average molecular weight is 295 g/mol. The number of rotatable bonds is 2. The van der Waals surface area contributed by atoms with Gasteiger partial charge in [-0.3, -0.25) is 14.5 Å². The van der Waals surface area contributed by atoms with E-state index in [1.165, 1.54) is 30.4 Å². The SMILES string of the molecule is O=C(/C=C/c1ccc2c(c1)OC(F)(F)O2)N1CCCC1=O. The Morgan fingerprint density at radius 1 is 1.29 bits per heavy atom. The summed E-state index contributed by atoms with van der Waals surface area (Å²) in [7, 11) is 0. The minimum atomic E-state index is -3.66. The Balaban J connectivity index is 1.73. The van der Waals surface area contributed by atoms with Crippen molar-refractivity contribution in [1.82, 2.24) is 4.90 Å². The normalized spacial score (nSPS) is 19.5. The van der Waals surface area contributed by atoms with Crippen molar-refractivity contribution >= 4 is 17.9 Å². The van der Waals surface area contributed by atoms with Gasteiger partial charge in [-0.1, -0.05) is 6.07 Å². The van der Waals surface area contributed by atoms with Gasteiger partial charge in [0.2, 0.25) is 5.91 Å². The van der Waals surface area contributed by atoms with Crippen LogP contribution in [0.15, 0.2) is 24.3 Å². The van der Waals surface area contributed by atoms with Gasteiger partial charge < -0.3 is 9.47 Å². The molecular formula is C14H11F2NO4. The maximum atomic E-state index is 12.9. The van der Waals surface area contributed by atoms with Crippen LogP contribution in [0.1, 0.15) is 18.4 Å². The summed E-state index contributed by atoms with van der Waals surface area (Å²) >= 11 is 0. The number of carbonyl (C=O) groups excluding carboxylic acids is 2. The van der Waals surface area contributed by atoms with Gasteiger partial charge >= 0.3 is 6.29 Å². The van der Waals surface area contributed by atoms with Gasteiger partial charge in [0, 0.05) is 19.0 Å². The molecule has 3 rings (SSSR count). The second-order valence-electron chi connectivity index (χ2n) is 4.69. The molecule has 1 fully saturated rings. The van der Waals surface area contributed by atoms with Crippen molar-refractivity contribution in [3.63, 3.8) is 0 Å². The van der Waals surface area contributed by atoms with Crippen molar-refractivity contribution in [3.8, 4) is 11.5 Å². The molecule has 0 bridgehead atoms. The van der Waals surface area contributed by atoms with E-state index in [9.17, 15) is 18.4 Å². The van der Waals surface area contributed by atoms with Gasteiger partial charge in [0.15, 0.2) is 11.5 Å². The molecule has 2 amide bonds. The summed E-state index contributed by atoms with van der Waals surface area (Å²) < 4.78 is 34.3. The van der Waals surface area contributed by atoms with E-state index >= 15 is 0 Å². The fraction of sp³-hybridized carbons (Fsp3) is 0.286. The number of imide groups is 1. The highest BCUT2D eigenvalue weighted by molar-refractivity contribution is 6.03. The monoisotopic (exact) mass is 295 g/mol. The molecule has 0 radical (unpaired) electrons. The smallest absolute Gasteiger partial charge is 0.395 e. The van der Waals surface area contributed by atoms with Crippen LogP contribution in [-0.2, 0) is 9.59 Å². The molecule has 0 N–H and O–H groups in total. The molecule has 110 valence electrons. The molecule has 7 heteroatoms. The third-order valence-corrected chi connectivity index (χ3v) is 3.18. The Morgan fingerprint density at radius 2 is 2.05 bits per heavy atom. The first-order valence-electron chi connectivity index (χ1n) is 6.37. The maximum absolute atomic E-state index is 12.9. The number of amides is 2. The van der Waals surface area contributed by atoms with Crippen LogP contribution in [-0.4, -0.2) is 29.6 Å². The fourth-order valence-corrected chi connectivity index (χ4v) is 2.21. The minimum absolute atomic E-state index is 0.0572. The molecule has 5 nitrogen and oxygen atoms in total. The largest absolute Gasteiger partial charge is 0.586 e. The van der Waals surface area contributed by atoms with Crippen LogP contribution in [0, 0.1) is 0 Å². The molecule has 0 saturated carbocycles. The van der Waals surface area contributed by atoms with Crippen molar-refractivity contribution in [2.45, 2.75) is 19.1 Å². The zero-order chi connectivity index (χ0) is 15.0. The zero-order valence-corrected chi connectivity index (χ0v) is 10.8. The molecule has 21 heavy (non-hydrogen) atoms. The summed E-state index contributed by atoms with van der Waals surface area (Å²) in [5.41, 5.74) is 0.495. The summed E-state index contributed by atoms with van der Waals surface area (Å²) in [5, 5.41) is 0. The lowest BCUT2D eigenvalue weighted by Gasteiger charge is -2.09. The number of benzene rings is 1. The molecule has 2 heterocycles. The molecule has 0 spiro atoms. The quantitative estimate of drug-likeness (QED) is 0.785. The second-order valence-corrected chi connectivity index (χ2v) is 4.69. The number of halogens is 2. The van der Waals surface area contributed by atoms with Gasteiger partial charge in [0.1, 0.15) is 0 Å². The Hall–Kier alpha value is -2.44. The lowest BCUT2D eigenvalue weighted by Crippen LogP contribution is -2.30. The third-order valence-electron chi connectivity index (χ3n) is 3.18. The van der Waals surface area contributed by atoms with E-state index in [4.69, 9.17) is 0 Å². The van der Waals surface area contributed by atoms with Gasteiger partial charge in [-0.15, -0.1) is 8.78 Å². The van der Waals surface area contributed by atoms with Gasteiger partial charge in [0.05, 0.1) is 0 Å². The van der Waals surface area contributed by atoms with Crippen LogP contribution >= 0.6 is 0 Å². The molecule has 1 aromatic carbocycles. The maximum Gasteiger partial charge on any atom is 0.586 e. The Labute approximate surface area is 118 Å². The highest BCUT2D eigenvalue weighted by atomic mass is 19.3. The molecule has 2 aliphatic rings. The Morgan fingerprint density at radius 3 is 2.76 bits per heavy atom. The van der Waals surface area contributed by atoms with Crippen molar-refractivity contribution in [1.29, 1.82) is 0 Å². The number of fused-ring (bicyclic) bond motifs is 1.